The smallest absolute Gasteiger partial charge is 0.422 e. The molecule has 2 heterocycles. The van der Waals surface area contributed by atoms with Crippen LogP contribution >= 0.6 is 8.53 Å². The van der Waals surface area contributed by atoms with Crippen LogP contribution in [0.4, 0.5) is 13.2 Å². The minimum absolute atomic E-state index is 0.0607. The topological polar surface area (TPSA) is 164 Å². The molecule has 0 aliphatic carbocycles. The Morgan fingerprint density at radius 3 is 2.02 bits per heavy atom. The highest BCUT2D eigenvalue weighted by atomic mass is 31.2. The van der Waals surface area contributed by atoms with Crippen LogP contribution in [0.2, 0.25) is 0 Å². The van der Waals surface area contributed by atoms with Crippen molar-refractivity contribution < 1.29 is 50.7 Å². The highest BCUT2D eigenvalue weighted by Gasteiger charge is 2.45. The number of carbonyl (C=O) groups excluding carboxylic acids is 1. The van der Waals surface area contributed by atoms with Crippen LogP contribution in [0.15, 0.2) is 94.6 Å². The van der Waals surface area contributed by atoms with E-state index in [2.05, 4.69) is 10.8 Å². The van der Waals surface area contributed by atoms with E-state index in [0.717, 1.165) is 27.5 Å². The molecule has 0 radical (unpaired) electrons. The van der Waals surface area contributed by atoms with Crippen molar-refractivity contribution >= 4 is 14.5 Å². The molecule has 18 heteroatoms. The molecule has 14 nitrogen and oxygen atoms in total. The van der Waals surface area contributed by atoms with Crippen molar-refractivity contribution in [2.45, 2.75) is 82.8 Å². The summed E-state index contributed by atoms with van der Waals surface area (Å²) in [4.78, 5) is 40.7. The van der Waals surface area contributed by atoms with Crippen LogP contribution in [-0.2, 0) is 28.9 Å². The number of alkyl halides is 3. The SMILES string of the molecule is COc1ccc(C(OC[C@H]2O[C@@H](n3cc(C(=O)OCC(F)(F)F)c(=O)[nH]c3=O)C[C@@H]2OP(OCCC#N)N(C(C)C)C(C)C)(c2ccccc2)c2ccc(OC)cc2)cc1. The predicted octanol–water partition coefficient (Wildman–Crippen LogP) is 7.23. The van der Waals surface area contributed by atoms with Gasteiger partial charge in [0, 0.05) is 24.7 Å². The zero-order valence-corrected chi connectivity index (χ0v) is 34.9. The Bertz CT molecular complexity index is 2120. The summed E-state index contributed by atoms with van der Waals surface area (Å²) in [7, 11) is 1.25. The minimum Gasteiger partial charge on any atom is -0.497 e. The first-order valence-corrected chi connectivity index (χ1v) is 20.2. The number of hydrogen-bond acceptors (Lipinski definition) is 12. The van der Waals surface area contributed by atoms with E-state index in [9.17, 15) is 32.8 Å². The number of nitrogens with zero attached hydrogens (tertiary/aromatic N) is 3. The lowest BCUT2D eigenvalue weighted by Gasteiger charge is -2.39. The number of ether oxygens (including phenoxy) is 5. The Morgan fingerprint density at radius 2 is 1.50 bits per heavy atom. The molecule has 5 rings (SSSR count). The van der Waals surface area contributed by atoms with Gasteiger partial charge < -0.3 is 32.7 Å². The molecule has 1 saturated heterocycles. The highest BCUT2D eigenvalue weighted by molar-refractivity contribution is 7.44. The first kappa shape index (κ1) is 46.0. The molecule has 1 aliphatic rings. The van der Waals surface area contributed by atoms with E-state index in [1.807, 2.05) is 116 Å². The molecule has 0 spiro atoms. The maximum Gasteiger partial charge on any atom is 0.422 e. The van der Waals surface area contributed by atoms with Gasteiger partial charge in [0.05, 0.1) is 46.0 Å². The zero-order chi connectivity index (χ0) is 43.6. The molecular formula is C42H48F3N4O10P. The number of nitriles is 1. The van der Waals surface area contributed by atoms with Crippen molar-refractivity contribution in [2.24, 2.45) is 0 Å². The standard InChI is InChI=1S/C42H48F3N4O10P/c1-27(2)49(28(3)4)60(57-22-10-21-46)59-35-23-37(48-24-34(38(50)47-40(48)52)39(51)55-26-41(43,44)45)58-36(35)25-56-42(29-11-8-7-9-12-29,30-13-17-32(53-5)18-14-30)31-15-19-33(54-6)20-16-31/h7-9,11-20,24,27-28,35-37H,10,22-23,25-26H2,1-6H3,(H,47,50,52)/t35-,36+,37+,60?/m0/s1. The quantitative estimate of drug-likeness (QED) is 0.0436. The maximum absolute atomic E-state index is 13.3. The largest absolute Gasteiger partial charge is 0.497 e. The summed E-state index contributed by atoms with van der Waals surface area (Å²) in [6.45, 7) is 5.82. The third kappa shape index (κ3) is 11.0. The van der Waals surface area contributed by atoms with E-state index in [1.165, 1.54) is 0 Å². The fourth-order valence-electron chi connectivity index (χ4n) is 6.89. The molecular weight excluding hydrogens is 808 g/mol. The fraction of sp³-hybridized carbons (Fsp3) is 0.429. The second-order valence-corrected chi connectivity index (χ2v) is 15.7. The van der Waals surface area contributed by atoms with Gasteiger partial charge >= 0.3 is 17.8 Å². The summed E-state index contributed by atoms with van der Waals surface area (Å²) < 4.78 is 83.6. The van der Waals surface area contributed by atoms with Crippen LogP contribution in [0.5, 0.6) is 11.5 Å². The average Bonchev–Trinajstić information content (AvgIpc) is 3.62. The van der Waals surface area contributed by atoms with Gasteiger partial charge in [0.25, 0.3) is 14.1 Å². The van der Waals surface area contributed by atoms with Crippen molar-refractivity contribution in [1.82, 2.24) is 14.2 Å². The van der Waals surface area contributed by atoms with E-state index in [4.69, 9.17) is 28.0 Å². The lowest BCUT2D eigenvalue weighted by atomic mass is 9.80. The summed E-state index contributed by atoms with van der Waals surface area (Å²) in [6.07, 6.45) is -7.10. The van der Waals surface area contributed by atoms with Gasteiger partial charge in [0.1, 0.15) is 35.0 Å². The summed E-state index contributed by atoms with van der Waals surface area (Å²) in [6, 6.07) is 26.2. The van der Waals surface area contributed by atoms with Crippen LogP contribution in [0.1, 0.15) is 73.8 Å². The second kappa shape index (κ2) is 20.5. The number of aromatic amines is 1. The Labute approximate surface area is 346 Å². The number of H-pyrrole nitrogens is 1. The molecule has 4 atom stereocenters. The Hall–Kier alpha value is -5.08. The van der Waals surface area contributed by atoms with Gasteiger partial charge in [0.2, 0.25) is 0 Å². The molecule has 0 saturated carbocycles. The van der Waals surface area contributed by atoms with Crippen LogP contribution in [0.3, 0.4) is 0 Å². The van der Waals surface area contributed by atoms with Gasteiger partial charge in [-0.05, 0) is 68.7 Å². The second-order valence-electron chi connectivity index (χ2n) is 14.3. The van der Waals surface area contributed by atoms with Gasteiger partial charge in [-0.3, -0.25) is 14.3 Å². The van der Waals surface area contributed by atoms with E-state index in [0.29, 0.717) is 11.5 Å². The van der Waals surface area contributed by atoms with Crippen LogP contribution in [-0.4, -0.2) is 84.7 Å². The number of halogens is 3. The molecule has 1 N–H and O–H groups in total. The van der Waals surface area contributed by atoms with E-state index in [-0.39, 0.29) is 38.1 Å². The van der Waals surface area contributed by atoms with Gasteiger partial charge in [-0.15, -0.1) is 0 Å². The van der Waals surface area contributed by atoms with Gasteiger partial charge in [-0.1, -0.05) is 54.6 Å². The lowest BCUT2D eigenvalue weighted by Crippen LogP contribution is -2.39. The number of methoxy groups -OCH3 is 2. The summed E-state index contributed by atoms with van der Waals surface area (Å²) in [5.41, 5.74) is -2.18. The van der Waals surface area contributed by atoms with Crippen molar-refractivity contribution in [3.63, 3.8) is 0 Å². The van der Waals surface area contributed by atoms with Crippen molar-refractivity contribution in [2.75, 3.05) is 34.0 Å². The van der Waals surface area contributed by atoms with Crippen LogP contribution in [0, 0.1) is 11.3 Å². The van der Waals surface area contributed by atoms with Gasteiger partial charge in [-0.2, -0.15) is 18.4 Å². The third-order valence-corrected chi connectivity index (χ3v) is 11.7. The molecule has 1 aliphatic heterocycles. The molecule has 1 unspecified atom stereocenters. The average molecular weight is 857 g/mol. The molecule has 0 amide bonds. The Morgan fingerprint density at radius 1 is 0.933 bits per heavy atom. The predicted molar refractivity (Wildman–Crippen MR) is 215 cm³/mol. The summed E-state index contributed by atoms with van der Waals surface area (Å²) in [5, 5.41) is 9.32. The number of nitrogens with one attached hydrogen (secondary N) is 1. The number of carbonyl (C=O) groups is 1. The molecule has 3 aromatic carbocycles. The molecule has 1 fully saturated rings. The zero-order valence-electron chi connectivity index (χ0n) is 34.0. The fourth-order valence-corrected chi connectivity index (χ4v) is 8.65. The van der Waals surface area contributed by atoms with E-state index in [1.54, 1.807) is 14.2 Å². The van der Waals surface area contributed by atoms with E-state index >= 15 is 0 Å². The lowest BCUT2D eigenvalue weighted by molar-refractivity contribution is -0.161. The van der Waals surface area contributed by atoms with Crippen molar-refractivity contribution in [3.8, 4) is 17.6 Å². The first-order chi connectivity index (χ1) is 28.6. The summed E-state index contributed by atoms with van der Waals surface area (Å²) in [5.74, 6) is -0.356. The van der Waals surface area contributed by atoms with Gasteiger partial charge in [0.15, 0.2) is 6.61 Å². The summed E-state index contributed by atoms with van der Waals surface area (Å²) >= 11 is 0. The third-order valence-electron chi connectivity index (χ3n) is 9.57. The minimum atomic E-state index is -4.86. The van der Waals surface area contributed by atoms with Crippen molar-refractivity contribution in [1.29, 1.82) is 5.26 Å². The number of benzene rings is 3. The molecule has 322 valence electrons. The number of aromatic nitrogens is 2. The van der Waals surface area contributed by atoms with Crippen LogP contribution < -0.4 is 20.7 Å². The number of esters is 1. The molecule has 60 heavy (non-hydrogen) atoms. The maximum atomic E-state index is 13.3. The Balaban J connectivity index is 1.62. The molecule has 4 aromatic rings. The van der Waals surface area contributed by atoms with Crippen LogP contribution in [0.25, 0.3) is 0 Å². The number of rotatable bonds is 19. The Kier molecular flexibility index (Phi) is 15.7. The molecule has 0 bridgehead atoms. The normalized spacial score (nSPS) is 17.5. The number of hydrogen-bond donors (Lipinski definition) is 1. The van der Waals surface area contributed by atoms with Crippen molar-refractivity contribution in [3.05, 3.63) is 128 Å². The molecule has 1 aromatic heterocycles. The first-order valence-electron chi connectivity index (χ1n) is 19.1. The van der Waals surface area contributed by atoms with E-state index < -0.39 is 68.1 Å². The highest BCUT2D eigenvalue weighted by Crippen LogP contribution is 2.50. The van der Waals surface area contributed by atoms with Gasteiger partial charge in [-0.25, -0.2) is 14.3 Å². The monoisotopic (exact) mass is 856 g/mol.